The largest absolute Gasteiger partial charge is 0.340 e. The van der Waals surface area contributed by atoms with Crippen molar-refractivity contribution in [3.05, 3.63) is 89.1 Å². The maximum Gasteiger partial charge on any atom is 0.255 e. The molecule has 2 heterocycles. The number of hydrogen-bond donors (Lipinski definition) is 3. The van der Waals surface area contributed by atoms with Crippen LogP contribution in [0.25, 0.3) is 0 Å². The predicted molar refractivity (Wildman–Crippen MR) is 135 cm³/mol. The van der Waals surface area contributed by atoms with Crippen LogP contribution in [-0.2, 0) is 6.42 Å². The summed E-state index contributed by atoms with van der Waals surface area (Å²) in [5, 5.41) is 9.51. The van der Waals surface area contributed by atoms with Gasteiger partial charge in [-0.05, 0) is 69.2 Å². The molecular formula is C26H27N7O. The number of nitrogens with one attached hydrogen (secondary N) is 3. The van der Waals surface area contributed by atoms with Crippen LogP contribution in [0.1, 0.15) is 39.9 Å². The second kappa shape index (κ2) is 10.1. The number of amides is 1. The van der Waals surface area contributed by atoms with Gasteiger partial charge in [-0.15, -0.1) is 0 Å². The van der Waals surface area contributed by atoms with Crippen LogP contribution in [-0.4, -0.2) is 25.8 Å². The lowest BCUT2D eigenvalue weighted by Gasteiger charge is -2.14. The maximum absolute atomic E-state index is 13.1. The fraction of sp³-hybridized carbons (Fsp3) is 0.192. The molecule has 0 bridgehead atoms. The molecule has 0 saturated heterocycles. The Morgan fingerprint density at radius 3 is 2.32 bits per heavy atom. The van der Waals surface area contributed by atoms with Crippen molar-refractivity contribution in [2.24, 2.45) is 0 Å². The monoisotopic (exact) mass is 453 g/mol. The highest BCUT2D eigenvalue weighted by Crippen LogP contribution is 2.25. The first-order valence-electron chi connectivity index (χ1n) is 11.1. The number of hydrogen-bond acceptors (Lipinski definition) is 7. The van der Waals surface area contributed by atoms with E-state index in [4.69, 9.17) is 0 Å². The van der Waals surface area contributed by atoms with Crippen LogP contribution >= 0.6 is 0 Å². The van der Waals surface area contributed by atoms with E-state index in [2.05, 4.69) is 42.8 Å². The van der Waals surface area contributed by atoms with Crippen molar-refractivity contribution in [2.45, 2.75) is 34.1 Å². The van der Waals surface area contributed by atoms with Crippen LogP contribution in [0.2, 0.25) is 0 Å². The van der Waals surface area contributed by atoms with Gasteiger partial charge in [0.15, 0.2) is 0 Å². The molecular weight excluding hydrogens is 426 g/mol. The first-order chi connectivity index (χ1) is 16.4. The minimum Gasteiger partial charge on any atom is -0.340 e. The molecule has 0 aliphatic rings. The number of rotatable bonds is 7. The van der Waals surface area contributed by atoms with Crippen molar-refractivity contribution in [1.82, 2.24) is 19.9 Å². The molecule has 0 unspecified atom stereocenters. The molecule has 0 aliphatic heterocycles. The predicted octanol–water partition coefficient (Wildman–Crippen LogP) is 5.49. The maximum atomic E-state index is 13.1. The lowest BCUT2D eigenvalue weighted by atomic mass is 10.1. The average Bonchev–Trinajstić information content (AvgIpc) is 2.79. The van der Waals surface area contributed by atoms with Crippen LogP contribution in [0.3, 0.4) is 0 Å². The van der Waals surface area contributed by atoms with E-state index in [1.807, 2.05) is 63.2 Å². The number of benzene rings is 2. The normalized spacial score (nSPS) is 10.6. The Labute approximate surface area is 198 Å². The number of aryl methyl sites for hydroxylation is 4. The summed E-state index contributed by atoms with van der Waals surface area (Å²) in [5.41, 5.74) is 6.51. The van der Waals surface area contributed by atoms with Gasteiger partial charge in [0.2, 0.25) is 5.95 Å². The molecule has 0 atom stereocenters. The number of carbonyl (C=O) groups excluding carboxylic acids is 1. The van der Waals surface area contributed by atoms with Crippen LogP contribution in [0.5, 0.6) is 0 Å². The zero-order valence-corrected chi connectivity index (χ0v) is 19.7. The van der Waals surface area contributed by atoms with Gasteiger partial charge in [0.05, 0.1) is 0 Å². The Bertz CT molecular complexity index is 1320. The number of aromatic nitrogens is 4. The lowest BCUT2D eigenvalue weighted by molar-refractivity contribution is 0.102. The molecule has 34 heavy (non-hydrogen) atoms. The number of anilines is 5. The van der Waals surface area contributed by atoms with Gasteiger partial charge in [0.1, 0.15) is 12.1 Å². The lowest BCUT2D eigenvalue weighted by Crippen LogP contribution is -2.14. The molecule has 0 spiro atoms. The summed E-state index contributed by atoms with van der Waals surface area (Å²) in [6, 6.07) is 16.9. The topological polar surface area (TPSA) is 105 Å². The summed E-state index contributed by atoms with van der Waals surface area (Å²) in [6.07, 6.45) is 2.30. The summed E-state index contributed by atoms with van der Waals surface area (Å²) in [6.45, 7) is 7.81. The fourth-order valence-corrected chi connectivity index (χ4v) is 3.59. The SMILES string of the molecule is CCc1ccc(Nc2cc(C)ncn2)cc1NC(=O)c1cccc(Nc2nc(C)cc(C)n2)c1. The van der Waals surface area contributed by atoms with E-state index in [1.54, 1.807) is 12.1 Å². The van der Waals surface area contributed by atoms with Gasteiger partial charge in [0, 0.05) is 45.8 Å². The molecule has 2 aromatic heterocycles. The molecule has 8 nitrogen and oxygen atoms in total. The second-order valence-electron chi connectivity index (χ2n) is 8.03. The Balaban J connectivity index is 1.53. The fourth-order valence-electron chi connectivity index (χ4n) is 3.59. The summed E-state index contributed by atoms with van der Waals surface area (Å²) >= 11 is 0. The summed E-state index contributed by atoms with van der Waals surface area (Å²) in [4.78, 5) is 30.3. The minimum absolute atomic E-state index is 0.199. The number of carbonyl (C=O) groups is 1. The van der Waals surface area contributed by atoms with Crippen molar-refractivity contribution in [1.29, 1.82) is 0 Å². The molecule has 0 saturated carbocycles. The van der Waals surface area contributed by atoms with Gasteiger partial charge in [-0.25, -0.2) is 19.9 Å². The molecule has 1 amide bonds. The number of nitrogens with zero attached hydrogens (tertiary/aromatic N) is 4. The summed E-state index contributed by atoms with van der Waals surface area (Å²) in [7, 11) is 0. The van der Waals surface area contributed by atoms with E-state index in [1.165, 1.54) is 6.33 Å². The van der Waals surface area contributed by atoms with Gasteiger partial charge >= 0.3 is 0 Å². The van der Waals surface area contributed by atoms with E-state index in [9.17, 15) is 4.79 Å². The highest BCUT2D eigenvalue weighted by molar-refractivity contribution is 6.05. The molecule has 0 radical (unpaired) electrons. The first-order valence-corrected chi connectivity index (χ1v) is 11.1. The van der Waals surface area contributed by atoms with E-state index >= 15 is 0 Å². The molecule has 4 aromatic rings. The quantitative estimate of drug-likeness (QED) is 0.340. The molecule has 0 aliphatic carbocycles. The van der Waals surface area contributed by atoms with Gasteiger partial charge < -0.3 is 16.0 Å². The highest BCUT2D eigenvalue weighted by Gasteiger charge is 2.11. The molecule has 172 valence electrons. The van der Waals surface area contributed by atoms with Gasteiger partial charge in [-0.3, -0.25) is 4.79 Å². The first kappa shape index (κ1) is 22.8. The average molecular weight is 454 g/mol. The van der Waals surface area contributed by atoms with Crippen molar-refractivity contribution in [3.8, 4) is 0 Å². The summed E-state index contributed by atoms with van der Waals surface area (Å²) < 4.78 is 0. The minimum atomic E-state index is -0.199. The molecule has 3 N–H and O–H groups in total. The van der Waals surface area contributed by atoms with Crippen LogP contribution in [0.15, 0.2) is 60.9 Å². The van der Waals surface area contributed by atoms with Crippen LogP contribution in [0, 0.1) is 20.8 Å². The third-order valence-corrected chi connectivity index (χ3v) is 5.18. The van der Waals surface area contributed by atoms with E-state index in [-0.39, 0.29) is 5.91 Å². The molecule has 4 rings (SSSR count). The van der Waals surface area contributed by atoms with Crippen molar-refractivity contribution in [2.75, 3.05) is 16.0 Å². The smallest absolute Gasteiger partial charge is 0.255 e. The van der Waals surface area contributed by atoms with Crippen molar-refractivity contribution < 1.29 is 4.79 Å². The molecule has 0 fully saturated rings. The summed E-state index contributed by atoms with van der Waals surface area (Å²) in [5.74, 6) is 0.998. The van der Waals surface area contributed by atoms with Gasteiger partial charge in [-0.1, -0.05) is 19.1 Å². The van der Waals surface area contributed by atoms with E-state index in [0.717, 1.165) is 46.1 Å². The van der Waals surface area contributed by atoms with Crippen LogP contribution < -0.4 is 16.0 Å². The highest BCUT2D eigenvalue weighted by atomic mass is 16.1. The Hall–Kier alpha value is -4.33. The molecule has 2 aromatic carbocycles. The van der Waals surface area contributed by atoms with E-state index < -0.39 is 0 Å². The van der Waals surface area contributed by atoms with Crippen LogP contribution in [0.4, 0.5) is 28.8 Å². The third-order valence-electron chi connectivity index (χ3n) is 5.18. The van der Waals surface area contributed by atoms with E-state index in [0.29, 0.717) is 17.3 Å². The van der Waals surface area contributed by atoms with Gasteiger partial charge in [0.25, 0.3) is 5.91 Å². The zero-order valence-electron chi connectivity index (χ0n) is 19.7. The van der Waals surface area contributed by atoms with Gasteiger partial charge in [-0.2, -0.15) is 0 Å². The second-order valence-corrected chi connectivity index (χ2v) is 8.03. The van der Waals surface area contributed by atoms with Crippen molar-refractivity contribution >= 4 is 34.7 Å². The third kappa shape index (κ3) is 5.72. The zero-order chi connectivity index (χ0) is 24.1. The Kier molecular flexibility index (Phi) is 6.77. The standard InChI is InChI=1S/C26H27N7O/c1-5-19-9-10-22(31-24-12-16(2)27-15-28-24)14-23(19)33-25(34)20-7-6-8-21(13-20)32-26-29-17(3)11-18(4)30-26/h6-15H,5H2,1-4H3,(H,33,34)(H,27,28,31)(H,29,30,32). The van der Waals surface area contributed by atoms with Crippen molar-refractivity contribution in [3.63, 3.8) is 0 Å². The molecule has 8 heteroatoms. The Morgan fingerprint density at radius 1 is 0.824 bits per heavy atom. The Morgan fingerprint density at radius 2 is 1.59 bits per heavy atom.